The van der Waals surface area contributed by atoms with Gasteiger partial charge in [-0.2, -0.15) is 0 Å². The summed E-state index contributed by atoms with van der Waals surface area (Å²) < 4.78 is 5.57. The molecule has 1 saturated heterocycles. The lowest BCUT2D eigenvalue weighted by molar-refractivity contribution is -0.124. The summed E-state index contributed by atoms with van der Waals surface area (Å²) in [6, 6.07) is 7.23. The molecule has 7 nitrogen and oxygen atoms in total. The van der Waals surface area contributed by atoms with Crippen LogP contribution in [0.25, 0.3) is 0 Å². The summed E-state index contributed by atoms with van der Waals surface area (Å²) in [7, 11) is 0. The van der Waals surface area contributed by atoms with Gasteiger partial charge in [-0.25, -0.2) is 0 Å². The molecule has 0 aromatic heterocycles. The molecule has 7 heteroatoms. The van der Waals surface area contributed by atoms with E-state index in [2.05, 4.69) is 20.4 Å². The van der Waals surface area contributed by atoms with Gasteiger partial charge in [0.1, 0.15) is 5.75 Å². The van der Waals surface area contributed by atoms with Crippen molar-refractivity contribution < 1.29 is 14.3 Å². The minimum absolute atomic E-state index is 0.0451. The van der Waals surface area contributed by atoms with Crippen molar-refractivity contribution >= 4 is 17.5 Å². The highest BCUT2D eigenvalue weighted by Gasteiger charge is 2.26. The molecule has 1 aliphatic heterocycles. The van der Waals surface area contributed by atoms with E-state index >= 15 is 0 Å². The Kier molecular flexibility index (Phi) is 8.54. The van der Waals surface area contributed by atoms with Crippen LogP contribution in [0.1, 0.15) is 27.2 Å². The quantitative estimate of drug-likeness (QED) is 0.684. The third-order valence-corrected chi connectivity index (χ3v) is 4.72. The van der Waals surface area contributed by atoms with Crippen LogP contribution in [0, 0.1) is 0 Å². The van der Waals surface area contributed by atoms with Gasteiger partial charge in [-0.05, 0) is 32.4 Å². The van der Waals surface area contributed by atoms with Crippen molar-refractivity contribution in [2.75, 3.05) is 51.2 Å². The number of carbonyl (C=O) groups is 2. The lowest BCUT2D eigenvalue weighted by Gasteiger charge is -2.37. The van der Waals surface area contributed by atoms with Crippen LogP contribution in [0.2, 0.25) is 0 Å². The zero-order valence-corrected chi connectivity index (χ0v) is 16.7. The summed E-state index contributed by atoms with van der Waals surface area (Å²) in [5.74, 6) is 0.711. The van der Waals surface area contributed by atoms with E-state index in [-0.39, 0.29) is 17.9 Å². The van der Waals surface area contributed by atoms with Crippen molar-refractivity contribution in [3.63, 3.8) is 0 Å². The van der Waals surface area contributed by atoms with Crippen LogP contribution in [-0.4, -0.2) is 73.5 Å². The lowest BCUT2D eigenvalue weighted by atomic mass is 10.2. The first kappa shape index (κ1) is 21.2. The van der Waals surface area contributed by atoms with E-state index in [1.54, 1.807) is 0 Å². The second kappa shape index (κ2) is 10.9. The molecule has 0 aliphatic carbocycles. The highest BCUT2D eigenvalue weighted by atomic mass is 16.5. The maximum absolute atomic E-state index is 12.7. The van der Waals surface area contributed by atoms with Gasteiger partial charge in [0.2, 0.25) is 11.8 Å². The Morgan fingerprint density at radius 2 is 1.85 bits per heavy atom. The molecule has 2 amide bonds. The molecule has 0 bridgehead atoms. The van der Waals surface area contributed by atoms with Crippen molar-refractivity contribution in [3.8, 4) is 5.75 Å². The molecule has 0 radical (unpaired) electrons. The topological polar surface area (TPSA) is 73.9 Å². The molecule has 2 N–H and O–H groups in total. The highest BCUT2D eigenvalue weighted by molar-refractivity contribution is 5.95. The van der Waals surface area contributed by atoms with Crippen molar-refractivity contribution in [1.29, 1.82) is 0 Å². The average Bonchev–Trinajstić information content (AvgIpc) is 2.68. The second-order valence-electron chi connectivity index (χ2n) is 6.76. The zero-order valence-electron chi connectivity index (χ0n) is 16.7. The molecule has 0 spiro atoms. The largest absolute Gasteiger partial charge is 0.492 e. The molecule has 2 rings (SSSR count). The van der Waals surface area contributed by atoms with Crippen LogP contribution in [-0.2, 0) is 9.59 Å². The number of piperazine rings is 1. The maximum atomic E-state index is 12.7. The molecule has 1 fully saturated rings. The van der Waals surface area contributed by atoms with Crippen LogP contribution in [0.3, 0.4) is 0 Å². The number of ether oxygens (including phenoxy) is 1. The Labute approximate surface area is 162 Å². The first-order chi connectivity index (χ1) is 13.0. The van der Waals surface area contributed by atoms with Crippen molar-refractivity contribution in [2.24, 2.45) is 0 Å². The first-order valence-electron chi connectivity index (χ1n) is 9.81. The van der Waals surface area contributed by atoms with E-state index in [4.69, 9.17) is 4.74 Å². The summed E-state index contributed by atoms with van der Waals surface area (Å²) in [5, 5.41) is 5.88. The molecule has 27 heavy (non-hydrogen) atoms. The van der Waals surface area contributed by atoms with Crippen molar-refractivity contribution in [2.45, 2.75) is 33.2 Å². The van der Waals surface area contributed by atoms with Crippen LogP contribution in [0.15, 0.2) is 24.3 Å². The second-order valence-corrected chi connectivity index (χ2v) is 6.76. The fourth-order valence-corrected chi connectivity index (χ4v) is 3.09. The standard InChI is InChI=1S/C20H32N4O3/c1-4-10-21-19(25)15-23-11-13-24(14-12-23)16(3)20(26)22-17-8-6-7-9-18(17)27-5-2/h6-9,16H,4-5,10-15H2,1-3H3,(H,21,25)(H,22,26). The first-order valence-corrected chi connectivity index (χ1v) is 9.81. The van der Waals surface area contributed by atoms with Crippen LogP contribution in [0.4, 0.5) is 5.69 Å². The van der Waals surface area contributed by atoms with E-state index in [0.29, 0.717) is 24.6 Å². The predicted octanol–water partition coefficient (Wildman–Crippen LogP) is 1.56. The molecule has 1 aliphatic rings. The van der Waals surface area contributed by atoms with Crippen LogP contribution < -0.4 is 15.4 Å². The monoisotopic (exact) mass is 376 g/mol. The number of hydrogen-bond donors (Lipinski definition) is 2. The van der Waals surface area contributed by atoms with E-state index in [9.17, 15) is 9.59 Å². The van der Waals surface area contributed by atoms with Gasteiger partial charge in [0.05, 0.1) is 24.9 Å². The zero-order chi connectivity index (χ0) is 19.6. The Balaban J connectivity index is 1.82. The van der Waals surface area contributed by atoms with Crippen molar-refractivity contribution in [3.05, 3.63) is 24.3 Å². The number of rotatable bonds is 9. The highest BCUT2D eigenvalue weighted by Crippen LogP contribution is 2.24. The Morgan fingerprint density at radius 1 is 1.15 bits per heavy atom. The van der Waals surface area contributed by atoms with Gasteiger partial charge in [0, 0.05) is 32.7 Å². The summed E-state index contributed by atoms with van der Waals surface area (Å²) >= 11 is 0. The fraction of sp³-hybridized carbons (Fsp3) is 0.600. The minimum atomic E-state index is -0.240. The number of hydrogen-bond acceptors (Lipinski definition) is 5. The van der Waals surface area contributed by atoms with Crippen molar-refractivity contribution in [1.82, 2.24) is 15.1 Å². The molecule has 1 heterocycles. The van der Waals surface area contributed by atoms with Gasteiger partial charge in [0.25, 0.3) is 0 Å². The number of para-hydroxylation sites is 2. The number of anilines is 1. The van der Waals surface area contributed by atoms with Crippen LogP contribution >= 0.6 is 0 Å². The number of carbonyl (C=O) groups excluding carboxylic acids is 2. The lowest BCUT2D eigenvalue weighted by Crippen LogP contribution is -2.54. The number of nitrogens with zero attached hydrogens (tertiary/aromatic N) is 2. The van der Waals surface area contributed by atoms with Gasteiger partial charge in [-0.15, -0.1) is 0 Å². The summed E-state index contributed by atoms with van der Waals surface area (Å²) in [6.45, 7) is 10.7. The maximum Gasteiger partial charge on any atom is 0.241 e. The Bertz CT molecular complexity index is 615. The fourth-order valence-electron chi connectivity index (χ4n) is 3.09. The molecule has 150 valence electrons. The van der Waals surface area contributed by atoms with Crippen LogP contribution in [0.5, 0.6) is 5.75 Å². The predicted molar refractivity (Wildman–Crippen MR) is 107 cm³/mol. The molecule has 1 aromatic rings. The van der Waals surface area contributed by atoms with Gasteiger partial charge in [-0.1, -0.05) is 19.1 Å². The smallest absolute Gasteiger partial charge is 0.241 e. The van der Waals surface area contributed by atoms with E-state index < -0.39 is 0 Å². The molecule has 1 aromatic carbocycles. The van der Waals surface area contributed by atoms with Gasteiger partial charge < -0.3 is 15.4 Å². The number of benzene rings is 1. The number of amides is 2. The number of nitrogens with one attached hydrogen (secondary N) is 2. The van der Waals surface area contributed by atoms with E-state index in [0.717, 1.165) is 39.1 Å². The Hall–Kier alpha value is -2.12. The third-order valence-electron chi connectivity index (χ3n) is 4.72. The van der Waals surface area contributed by atoms with E-state index in [1.165, 1.54) is 0 Å². The van der Waals surface area contributed by atoms with Gasteiger partial charge in [0.15, 0.2) is 0 Å². The summed E-state index contributed by atoms with van der Waals surface area (Å²) in [4.78, 5) is 28.8. The SMILES string of the molecule is CCCNC(=O)CN1CCN(C(C)C(=O)Nc2ccccc2OCC)CC1. The molecule has 0 saturated carbocycles. The van der Waals surface area contributed by atoms with Gasteiger partial charge in [-0.3, -0.25) is 19.4 Å². The molecular weight excluding hydrogens is 344 g/mol. The molecule has 1 atom stereocenters. The summed E-state index contributed by atoms with van der Waals surface area (Å²) in [5.41, 5.74) is 0.697. The Morgan fingerprint density at radius 3 is 2.52 bits per heavy atom. The third kappa shape index (κ3) is 6.52. The van der Waals surface area contributed by atoms with Gasteiger partial charge >= 0.3 is 0 Å². The minimum Gasteiger partial charge on any atom is -0.492 e. The van der Waals surface area contributed by atoms with E-state index in [1.807, 2.05) is 45.0 Å². The summed E-state index contributed by atoms with van der Waals surface area (Å²) in [6.07, 6.45) is 0.943. The molecular formula is C20H32N4O3. The average molecular weight is 377 g/mol. The normalized spacial score (nSPS) is 16.6. The molecule has 1 unspecified atom stereocenters.